The third-order valence-corrected chi connectivity index (χ3v) is 4.65. The van der Waals surface area contributed by atoms with E-state index in [1.54, 1.807) is 0 Å². The van der Waals surface area contributed by atoms with Crippen LogP contribution in [0.25, 0.3) is 0 Å². The van der Waals surface area contributed by atoms with Crippen LogP contribution in [-0.2, 0) is 11.2 Å². The molecule has 1 aromatic carbocycles. The maximum absolute atomic E-state index is 6.13. The average molecular weight is 289 g/mol. The molecular formula is C18H27NO2. The summed E-state index contributed by atoms with van der Waals surface area (Å²) in [7, 11) is 0. The van der Waals surface area contributed by atoms with E-state index in [-0.39, 0.29) is 0 Å². The molecule has 3 heteroatoms. The fourth-order valence-corrected chi connectivity index (χ4v) is 3.55. The maximum Gasteiger partial charge on any atom is 0.123 e. The lowest BCUT2D eigenvalue weighted by Crippen LogP contribution is -2.44. The first kappa shape index (κ1) is 14.9. The Morgan fingerprint density at radius 2 is 2.24 bits per heavy atom. The van der Waals surface area contributed by atoms with E-state index >= 15 is 0 Å². The smallest absolute Gasteiger partial charge is 0.123 e. The van der Waals surface area contributed by atoms with Crippen LogP contribution in [0.5, 0.6) is 5.75 Å². The van der Waals surface area contributed by atoms with Gasteiger partial charge in [-0.1, -0.05) is 24.6 Å². The van der Waals surface area contributed by atoms with Gasteiger partial charge in [-0.25, -0.2) is 0 Å². The molecule has 0 aliphatic carbocycles. The zero-order chi connectivity index (χ0) is 14.7. The summed E-state index contributed by atoms with van der Waals surface area (Å²) in [6.45, 7) is 7.24. The molecule has 3 nitrogen and oxygen atoms in total. The van der Waals surface area contributed by atoms with E-state index < -0.39 is 0 Å². The van der Waals surface area contributed by atoms with Crippen molar-refractivity contribution in [3.8, 4) is 5.75 Å². The molecule has 3 atom stereocenters. The van der Waals surface area contributed by atoms with Crippen LogP contribution in [0.2, 0.25) is 0 Å². The Hall–Kier alpha value is -1.06. The molecule has 3 unspecified atom stereocenters. The van der Waals surface area contributed by atoms with Gasteiger partial charge in [-0.3, -0.25) is 0 Å². The highest BCUT2D eigenvalue weighted by atomic mass is 16.5. The Morgan fingerprint density at radius 1 is 1.33 bits per heavy atom. The zero-order valence-corrected chi connectivity index (χ0v) is 13.2. The molecule has 2 aliphatic rings. The van der Waals surface area contributed by atoms with Gasteiger partial charge in [0.1, 0.15) is 11.9 Å². The van der Waals surface area contributed by atoms with E-state index in [1.165, 1.54) is 17.5 Å². The molecule has 0 bridgehead atoms. The fourth-order valence-electron chi connectivity index (χ4n) is 3.55. The average Bonchev–Trinajstić information content (AvgIpc) is 2.87. The van der Waals surface area contributed by atoms with Crippen molar-refractivity contribution in [2.75, 3.05) is 19.8 Å². The summed E-state index contributed by atoms with van der Waals surface area (Å²) < 4.78 is 11.8. The quantitative estimate of drug-likeness (QED) is 0.903. The highest BCUT2D eigenvalue weighted by molar-refractivity contribution is 5.40. The van der Waals surface area contributed by atoms with E-state index in [2.05, 4.69) is 37.4 Å². The minimum atomic E-state index is 0.319. The first-order valence-electron chi connectivity index (χ1n) is 8.33. The summed E-state index contributed by atoms with van der Waals surface area (Å²) in [6.07, 6.45) is 4.78. The standard InChI is InChI=1S/C18H27NO2/c1-3-7-19-17-6-8-20-12-15(17)11-16-10-14-9-13(2)4-5-18(14)21-16/h4-5,9,15-17,19H,3,6-8,10-12H2,1-2H3. The van der Waals surface area contributed by atoms with Crippen molar-refractivity contribution in [1.29, 1.82) is 0 Å². The van der Waals surface area contributed by atoms with Crippen LogP contribution in [0.1, 0.15) is 37.3 Å². The van der Waals surface area contributed by atoms with Crippen LogP contribution in [-0.4, -0.2) is 31.9 Å². The Kier molecular flexibility index (Phi) is 4.81. The van der Waals surface area contributed by atoms with Crippen molar-refractivity contribution in [2.24, 2.45) is 5.92 Å². The van der Waals surface area contributed by atoms with Gasteiger partial charge < -0.3 is 14.8 Å². The van der Waals surface area contributed by atoms with Crippen molar-refractivity contribution in [2.45, 2.75) is 51.7 Å². The van der Waals surface area contributed by atoms with Crippen molar-refractivity contribution < 1.29 is 9.47 Å². The molecular weight excluding hydrogens is 262 g/mol. The lowest BCUT2D eigenvalue weighted by molar-refractivity contribution is 0.0152. The van der Waals surface area contributed by atoms with Gasteiger partial charge in [0, 0.05) is 25.0 Å². The topological polar surface area (TPSA) is 30.5 Å². The van der Waals surface area contributed by atoms with Crippen LogP contribution in [0, 0.1) is 12.8 Å². The van der Waals surface area contributed by atoms with Gasteiger partial charge in [-0.15, -0.1) is 0 Å². The Labute approximate surface area is 128 Å². The lowest BCUT2D eigenvalue weighted by Gasteiger charge is -2.33. The van der Waals surface area contributed by atoms with Crippen LogP contribution < -0.4 is 10.1 Å². The molecule has 3 rings (SSSR count). The first-order valence-corrected chi connectivity index (χ1v) is 8.33. The number of aryl methyl sites for hydroxylation is 1. The highest BCUT2D eigenvalue weighted by Crippen LogP contribution is 2.33. The van der Waals surface area contributed by atoms with E-state index in [9.17, 15) is 0 Å². The van der Waals surface area contributed by atoms with Crippen molar-refractivity contribution >= 4 is 0 Å². The minimum Gasteiger partial charge on any atom is -0.490 e. The highest BCUT2D eigenvalue weighted by Gasteiger charge is 2.31. The number of hydrogen-bond acceptors (Lipinski definition) is 3. The number of benzene rings is 1. The van der Waals surface area contributed by atoms with E-state index in [1.807, 2.05) is 0 Å². The van der Waals surface area contributed by atoms with Gasteiger partial charge in [0.15, 0.2) is 0 Å². The molecule has 1 aromatic rings. The van der Waals surface area contributed by atoms with Gasteiger partial charge in [-0.05, 0) is 44.4 Å². The predicted octanol–water partition coefficient (Wildman–Crippen LogP) is 3.09. The summed E-state index contributed by atoms with van der Waals surface area (Å²) >= 11 is 0. The molecule has 21 heavy (non-hydrogen) atoms. The van der Waals surface area contributed by atoms with E-state index in [0.29, 0.717) is 18.1 Å². The molecule has 0 radical (unpaired) electrons. The second-order valence-electron chi connectivity index (χ2n) is 6.48. The second kappa shape index (κ2) is 6.80. The predicted molar refractivity (Wildman–Crippen MR) is 84.9 cm³/mol. The number of rotatable bonds is 5. The molecule has 0 amide bonds. The fraction of sp³-hybridized carbons (Fsp3) is 0.667. The van der Waals surface area contributed by atoms with Crippen LogP contribution >= 0.6 is 0 Å². The largest absolute Gasteiger partial charge is 0.490 e. The lowest BCUT2D eigenvalue weighted by atomic mass is 9.89. The summed E-state index contributed by atoms with van der Waals surface area (Å²) in [5, 5.41) is 3.69. The Bertz CT molecular complexity index is 474. The number of fused-ring (bicyclic) bond motifs is 1. The number of hydrogen-bond donors (Lipinski definition) is 1. The molecule has 2 heterocycles. The van der Waals surface area contributed by atoms with Crippen LogP contribution in [0.4, 0.5) is 0 Å². The molecule has 1 N–H and O–H groups in total. The van der Waals surface area contributed by atoms with Gasteiger partial charge in [0.05, 0.1) is 6.61 Å². The molecule has 0 saturated carbocycles. The number of ether oxygens (including phenoxy) is 2. The molecule has 116 valence electrons. The molecule has 1 saturated heterocycles. The number of nitrogens with one attached hydrogen (secondary N) is 1. The van der Waals surface area contributed by atoms with E-state index in [4.69, 9.17) is 9.47 Å². The summed E-state index contributed by atoms with van der Waals surface area (Å²) in [4.78, 5) is 0. The second-order valence-corrected chi connectivity index (χ2v) is 6.48. The summed E-state index contributed by atoms with van der Waals surface area (Å²) in [6, 6.07) is 7.11. The monoisotopic (exact) mass is 289 g/mol. The van der Waals surface area contributed by atoms with Crippen molar-refractivity contribution in [3.05, 3.63) is 29.3 Å². The SMILES string of the molecule is CCCNC1CCOCC1CC1Cc2cc(C)ccc2O1. The molecule has 0 aromatic heterocycles. The Balaban J connectivity index is 1.58. The third-order valence-electron chi connectivity index (χ3n) is 4.65. The molecule has 2 aliphatic heterocycles. The summed E-state index contributed by atoms with van der Waals surface area (Å²) in [5.41, 5.74) is 2.69. The Morgan fingerprint density at radius 3 is 3.10 bits per heavy atom. The third kappa shape index (κ3) is 3.58. The van der Waals surface area contributed by atoms with Gasteiger partial charge in [-0.2, -0.15) is 0 Å². The molecule has 1 fully saturated rings. The van der Waals surface area contributed by atoms with Crippen molar-refractivity contribution in [1.82, 2.24) is 5.32 Å². The zero-order valence-electron chi connectivity index (χ0n) is 13.2. The van der Waals surface area contributed by atoms with Crippen LogP contribution in [0.15, 0.2) is 18.2 Å². The van der Waals surface area contributed by atoms with Crippen LogP contribution in [0.3, 0.4) is 0 Å². The first-order chi connectivity index (χ1) is 10.3. The van der Waals surface area contributed by atoms with Gasteiger partial charge in [0.2, 0.25) is 0 Å². The van der Waals surface area contributed by atoms with Gasteiger partial charge >= 0.3 is 0 Å². The maximum atomic E-state index is 6.13. The summed E-state index contributed by atoms with van der Waals surface area (Å²) in [5.74, 6) is 1.66. The normalized spacial score (nSPS) is 28.2. The van der Waals surface area contributed by atoms with Gasteiger partial charge in [0.25, 0.3) is 0 Å². The molecule has 0 spiro atoms. The van der Waals surface area contributed by atoms with Crippen molar-refractivity contribution in [3.63, 3.8) is 0 Å². The minimum absolute atomic E-state index is 0.319. The van der Waals surface area contributed by atoms with E-state index in [0.717, 1.165) is 44.8 Å².